The lowest BCUT2D eigenvalue weighted by Gasteiger charge is -2.16. The number of methoxy groups -OCH3 is 1. The van der Waals surface area contributed by atoms with Crippen LogP contribution in [0.15, 0.2) is 48.5 Å². The molecule has 2 aromatic rings. The smallest absolute Gasteiger partial charge is 0.306 e. The zero-order valence-corrected chi connectivity index (χ0v) is 13.6. The molecular weight excluding hydrogens is 290 g/mol. The van der Waals surface area contributed by atoms with Crippen molar-refractivity contribution < 1.29 is 14.3 Å². The third-order valence-electron chi connectivity index (χ3n) is 3.83. The van der Waals surface area contributed by atoms with Crippen LogP contribution in [-0.2, 0) is 9.53 Å². The summed E-state index contributed by atoms with van der Waals surface area (Å²) in [5, 5.41) is 2.93. The zero-order chi connectivity index (χ0) is 16.8. The normalized spacial score (nSPS) is 11.6. The molecular formula is C19H21NO3. The van der Waals surface area contributed by atoms with E-state index in [9.17, 15) is 9.59 Å². The number of anilines is 1. The number of ether oxygens (including phenoxy) is 1. The molecule has 0 aliphatic rings. The summed E-state index contributed by atoms with van der Waals surface area (Å²) < 4.78 is 4.71. The summed E-state index contributed by atoms with van der Waals surface area (Å²) in [5.74, 6) is -0.556. The lowest BCUT2D eigenvalue weighted by molar-refractivity contribution is -0.140. The molecule has 4 nitrogen and oxygen atoms in total. The Morgan fingerprint density at radius 1 is 1.09 bits per heavy atom. The molecule has 23 heavy (non-hydrogen) atoms. The number of hydrogen-bond acceptors (Lipinski definition) is 3. The fourth-order valence-electron chi connectivity index (χ4n) is 2.48. The fourth-order valence-corrected chi connectivity index (χ4v) is 2.48. The minimum atomic E-state index is -0.286. The first-order valence-electron chi connectivity index (χ1n) is 7.55. The summed E-state index contributed by atoms with van der Waals surface area (Å²) in [6.45, 7) is 3.86. The highest BCUT2D eigenvalue weighted by atomic mass is 16.5. The molecule has 0 aromatic heterocycles. The predicted octanol–water partition coefficient (Wildman–Crippen LogP) is 3.91. The number of carbonyl (C=O) groups is 2. The van der Waals surface area contributed by atoms with Gasteiger partial charge in [0.2, 0.25) is 0 Å². The monoisotopic (exact) mass is 311 g/mol. The van der Waals surface area contributed by atoms with Crippen LogP contribution in [0, 0.1) is 6.92 Å². The van der Waals surface area contributed by atoms with Gasteiger partial charge in [0, 0.05) is 11.3 Å². The van der Waals surface area contributed by atoms with Crippen molar-refractivity contribution in [3.63, 3.8) is 0 Å². The van der Waals surface area contributed by atoms with E-state index in [0.717, 1.165) is 16.8 Å². The highest BCUT2D eigenvalue weighted by Crippen LogP contribution is 2.24. The van der Waals surface area contributed by atoms with E-state index in [1.807, 2.05) is 56.3 Å². The molecule has 0 unspecified atom stereocenters. The van der Waals surface area contributed by atoms with Gasteiger partial charge in [0.1, 0.15) is 0 Å². The molecule has 0 saturated heterocycles. The maximum atomic E-state index is 12.6. The van der Waals surface area contributed by atoms with Crippen molar-refractivity contribution >= 4 is 17.6 Å². The van der Waals surface area contributed by atoms with E-state index in [-0.39, 0.29) is 24.2 Å². The molecule has 0 spiro atoms. The molecule has 0 bridgehead atoms. The Bertz CT molecular complexity index is 709. The van der Waals surface area contributed by atoms with Crippen molar-refractivity contribution in [1.29, 1.82) is 0 Å². The maximum Gasteiger partial charge on any atom is 0.306 e. The van der Waals surface area contributed by atoms with Gasteiger partial charge in [-0.1, -0.05) is 43.3 Å². The van der Waals surface area contributed by atoms with Crippen LogP contribution in [0.4, 0.5) is 5.69 Å². The van der Waals surface area contributed by atoms with Crippen LogP contribution in [0.2, 0.25) is 0 Å². The lowest BCUT2D eigenvalue weighted by Crippen LogP contribution is -2.17. The zero-order valence-electron chi connectivity index (χ0n) is 13.6. The molecule has 0 fully saturated rings. The summed E-state index contributed by atoms with van der Waals surface area (Å²) >= 11 is 0. The van der Waals surface area contributed by atoms with Crippen LogP contribution >= 0.6 is 0 Å². The Hall–Kier alpha value is -2.62. The molecule has 0 aliphatic heterocycles. The molecule has 0 heterocycles. The van der Waals surface area contributed by atoms with Crippen LogP contribution in [0.5, 0.6) is 0 Å². The van der Waals surface area contributed by atoms with Crippen molar-refractivity contribution in [1.82, 2.24) is 0 Å². The number of carbonyl (C=O) groups excluding carboxylic acids is 2. The van der Waals surface area contributed by atoms with E-state index in [4.69, 9.17) is 4.74 Å². The Kier molecular flexibility index (Phi) is 5.52. The van der Waals surface area contributed by atoms with Gasteiger partial charge in [0.25, 0.3) is 5.91 Å². The molecule has 1 atom stereocenters. The standard InChI is InChI=1S/C19H21NO3/c1-13-8-4-7-11-17(13)20-19(22)16-10-6-5-9-15(16)14(2)12-18(21)23-3/h4-11,14H,12H2,1-3H3,(H,20,22)/t14-/m1/s1. The Morgan fingerprint density at radius 2 is 1.74 bits per heavy atom. The summed E-state index contributed by atoms with van der Waals surface area (Å²) in [6.07, 6.45) is 0.241. The van der Waals surface area contributed by atoms with Gasteiger partial charge >= 0.3 is 5.97 Å². The Morgan fingerprint density at radius 3 is 2.43 bits per heavy atom. The quantitative estimate of drug-likeness (QED) is 0.852. The highest BCUT2D eigenvalue weighted by molar-refractivity contribution is 6.05. The molecule has 2 aromatic carbocycles. The Labute approximate surface area is 136 Å². The second-order valence-corrected chi connectivity index (χ2v) is 5.54. The number of aryl methyl sites for hydroxylation is 1. The number of esters is 1. The van der Waals surface area contributed by atoms with E-state index in [0.29, 0.717) is 5.56 Å². The summed E-state index contributed by atoms with van der Waals surface area (Å²) in [7, 11) is 1.37. The SMILES string of the molecule is COC(=O)C[C@@H](C)c1ccccc1C(=O)Nc1ccccc1C. The summed E-state index contributed by atoms with van der Waals surface area (Å²) in [5.41, 5.74) is 3.20. The first-order valence-corrected chi connectivity index (χ1v) is 7.55. The molecule has 0 aliphatic carbocycles. The molecule has 1 amide bonds. The van der Waals surface area contributed by atoms with Crippen molar-refractivity contribution in [2.75, 3.05) is 12.4 Å². The molecule has 0 saturated carbocycles. The van der Waals surface area contributed by atoms with Gasteiger partial charge in [-0.2, -0.15) is 0 Å². The van der Waals surface area contributed by atoms with Gasteiger partial charge in [-0.25, -0.2) is 0 Å². The van der Waals surface area contributed by atoms with Crippen LogP contribution in [-0.4, -0.2) is 19.0 Å². The number of amides is 1. The van der Waals surface area contributed by atoms with Gasteiger partial charge in [-0.3, -0.25) is 9.59 Å². The molecule has 4 heteroatoms. The van der Waals surface area contributed by atoms with Gasteiger partial charge in [0.05, 0.1) is 13.5 Å². The highest BCUT2D eigenvalue weighted by Gasteiger charge is 2.18. The van der Waals surface area contributed by atoms with Crippen LogP contribution < -0.4 is 5.32 Å². The fraction of sp³-hybridized carbons (Fsp3) is 0.263. The molecule has 2 rings (SSSR count). The molecule has 0 radical (unpaired) electrons. The first-order chi connectivity index (χ1) is 11.0. The lowest BCUT2D eigenvalue weighted by atomic mass is 9.92. The third-order valence-corrected chi connectivity index (χ3v) is 3.83. The van der Waals surface area contributed by atoms with Crippen molar-refractivity contribution in [2.45, 2.75) is 26.2 Å². The third kappa shape index (κ3) is 4.19. The average molecular weight is 311 g/mol. The van der Waals surface area contributed by atoms with Crippen LogP contribution in [0.3, 0.4) is 0 Å². The van der Waals surface area contributed by atoms with E-state index in [1.165, 1.54) is 7.11 Å². The van der Waals surface area contributed by atoms with E-state index >= 15 is 0 Å². The summed E-state index contributed by atoms with van der Waals surface area (Å²) in [4.78, 5) is 24.1. The van der Waals surface area contributed by atoms with Crippen molar-refractivity contribution in [3.05, 3.63) is 65.2 Å². The number of rotatable bonds is 5. The van der Waals surface area contributed by atoms with Crippen molar-refractivity contribution in [2.24, 2.45) is 0 Å². The largest absolute Gasteiger partial charge is 0.469 e. The second-order valence-electron chi connectivity index (χ2n) is 5.54. The first kappa shape index (κ1) is 16.7. The van der Waals surface area contributed by atoms with E-state index in [1.54, 1.807) is 6.07 Å². The average Bonchev–Trinajstić information content (AvgIpc) is 2.56. The number of nitrogens with one attached hydrogen (secondary N) is 1. The van der Waals surface area contributed by atoms with Gasteiger partial charge in [0.15, 0.2) is 0 Å². The predicted molar refractivity (Wildman–Crippen MR) is 90.6 cm³/mol. The summed E-state index contributed by atoms with van der Waals surface area (Å²) in [6, 6.07) is 15.0. The van der Waals surface area contributed by atoms with Gasteiger partial charge in [-0.15, -0.1) is 0 Å². The number of hydrogen-bond donors (Lipinski definition) is 1. The molecule has 120 valence electrons. The Balaban J connectivity index is 2.24. The molecule has 1 N–H and O–H groups in total. The second kappa shape index (κ2) is 7.58. The maximum absolute atomic E-state index is 12.6. The minimum absolute atomic E-state index is 0.0960. The number of benzene rings is 2. The van der Waals surface area contributed by atoms with Crippen LogP contribution in [0.25, 0.3) is 0 Å². The number of para-hydroxylation sites is 1. The van der Waals surface area contributed by atoms with E-state index < -0.39 is 0 Å². The van der Waals surface area contributed by atoms with E-state index in [2.05, 4.69) is 5.32 Å². The van der Waals surface area contributed by atoms with Gasteiger partial charge < -0.3 is 10.1 Å². The van der Waals surface area contributed by atoms with Crippen LogP contribution in [0.1, 0.15) is 40.7 Å². The topological polar surface area (TPSA) is 55.4 Å². The van der Waals surface area contributed by atoms with Crippen molar-refractivity contribution in [3.8, 4) is 0 Å². The minimum Gasteiger partial charge on any atom is -0.469 e. The van der Waals surface area contributed by atoms with Gasteiger partial charge in [-0.05, 0) is 36.1 Å².